The lowest BCUT2D eigenvalue weighted by Crippen LogP contribution is -1.84. The lowest BCUT2D eigenvalue weighted by molar-refractivity contribution is 0.397. The first kappa shape index (κ1) is 7.04. The smallest absolute Gasteiger partial charge is 0.138 e. The van der Waals surface area contributed by atoms with E-state index in [0.717, 1.165) is 11.7 Å². The molecule has 0 N–H and O–H groups in total. The summed E-state index contributed by atoms with van der Waals surface area (Å²) in [6.07, 6.45) is 0. The minimum absolute atomic E-state index is 0.777. The lowest BCUT2D eigenvalue weighted by atomic mass is 10.1. The second-order valence-corrected chi connectivity index (χ2v) is 3.75. The highest BCUT2D eigenvalue weighted by Gasteiger charge is 2.14. The van der Waals surface area contributed by atoms with Crippen LogP contribution >= 0.6 is 11.8 Å². The fourth-order valence-electron chi connectivity index (χ4n) is 1.36. The minimum atomic E-state index is 0.777. The minimum Gasteiger partial charge on any atom is -0.481 e. The molecule has 1 aliphatic heterocycles. The van der Waals surface area contributed by atoms with Crippen LogP contribution in [0.5, 0.6) is 5.75 Å². The van der Waals surface area contributed by atoms with E-state index < -0.39 is 0 Å². The van der Waals surface area contributed by atoms with Gasteiger partial charge in [0, 0.05) is 0 Å². The van der Waals surface area contributed by atoms with E-state index in [0.29, 0.717) is 0 Å². The maximum Gasteiger partial charge on any atom is 0.138 e. The summed E-state index contributed by atoms with van der Waals surface area (Å²) in [4.78, 5) is 1.32. The van der Waals surface area contributed by atoms with Crippen molar-refractivity contribution in [3.05, 3.63) is 23.3 Å². The molecule has 0 aromatic heterocycles. The monoisotopic (exact) mass is 166 g/mol. The van der Waals surface area contributed by atoms with E-state index in [1.807, 2.05) is 0 Å². The van der Waals surface area contributed by atoms with Gasteiger partial charge < -0.3 is 4.74 Å². The van der Waals surface area contributed by atoms with Crippen LogP contribution in [0.2, 0.25) is 0 Å². The maximum absolute atomic E-state index is 5.42. The number of rotatable bonds is 0. The molecule has 11 heavy (non-hydrogen) atoms. The van der Waals surface area contributed by atoms with Gasteiger partial charge in [-0.25, -0.2) is 0 Å². The van der Waals surface area contributed by atoms with Crippen molar-refractivity contribution in [1.29, 1.82) is 0 Å². The molecule has 0 radical (unpaired) electrons. The zero-order valence-electron chi connectivity index (χ0n) is 6.68. The normalized spacial score (nSPS) is 14.4. The van der Waals surface area contributed by atoms with Crippen molar-refractivity contribution in [3.8, 4) is 5.75 Å². The van der Waals surface area contributed by atoms with Crippen molar-refractivity contribution < 1.29 is 4.74 Å². The molecular formula is C9H10OS. The van der Waals surface area contributed by atoms with Gasteiger partial charge in [-0.2, -0.15) is 0 Å². The van der Waals surface area contributed by atoms with E-state index >= 15 is 0 Å². The van der Waals surface area contributed by atoms with Gasteiger partial charge >= 0.3 is 0 Å². The third-order valence-corrected chi connectivity index (χ3v) is 2.85. The van der Waals surface area contributed by atoms with Crippen LogP contribution in [0.1, 0.15) is 11.1 Å². The highest BCUT2D eigenvalue weighted by atomic mass is 32.2. The standard InChI is InChI=1S/C9H10OS/c1-6-3-7(2)9-8(4-6)10-5-11-9/h3-4H,5H2,1-2H3. The van der Waals surface area contributed by atoms with Gasteiger partial charge in [-0.1, -0.05) is 17.8 Å². The molecule has 0 bridgehead atoms. The molecule has 0 spiro atoms. The van der Waals surface area contributed by atoms with Crippen molar-refractivity contribution in [1.82, 2.24) is 0 Å². The predicted octanol–water partition coefficient (Wildman–Crippen LogP) is 2.75. The Bertz CT molecular complexity index is 294. The molecular weight excluding hydrogens is 156 g/mol. The van der Waals surface area contributed by atoms with E-state index in [2.05, 4.69) is 26.0 Å². The van der Waals surface area contributed by atoms with Crippen LogP contribution < -0.4 is 4.74 Å². The summed E-state index contributed by atoms with van der Waals surface area (Å²) in [6, 6.07) is 4.29. The van der Waals surface area contributed by atoms with Crippen molar-refractivity contribution in [2.45, 2.75) is 18.7 Å². The van der Waals surface area contributed by atoms with E-state index in [4.69, 9.17) is 4.74 Å². The number of ether oxygens (including phenoxy) is 1. The van der Waals surface area contributed by atoms with Gasteiger partial charge in [0.15, 0.2) is 0 Å². The first-order valence-electron chi connectivity index (χ1n) is 3.64. The Morgan fingerprint density at radius 3 is 3.00 bits per heavy atom. The Morgan fingerprint density at radius 2 is 2.18 bits per heavy atom. The molecule has 2 rings (SSSR count). The average molecular weight is 166 g/mol. The van der Waals surface area contributed by atoms with Gasteiger partial charge in [0.1, 0.15) is 11.7 Å². The van der Waals surface area contributed by atoms with Crippen LogP contribution in [-0.4, -0.2) is 5.94 Å². The van der Waals surface area contributed by atoms with Crippen LogP contribution in [0.4, 0.5) is 0 Å². The molecule has 0 saturated carbocycles. The largest absolute Gasteiger partial charge is 0.481 e. The lowest BCUT2D eigenvalue weighted by Gasteiger charge is -2.02. The third-order valence-electron chi connectivity index (χ3n) is 1.80. The first-order valence-corrected chi connectivity index (χ1v) is 4.63. The third kappa shape index (κ3) is 1.11. The van der Waals surface area contributed by atoms with Crippen molar-refractivity contribution in [3.63, 3.8) is 0 Å². The van der Waals surface area contributed by atoms with Gasteiger partial charge in [0.25, 0.3) is 0 Å². The molecule has 0 aliphatic carbocycles. The van der Waals surface area contributed by atoms with Crippen molar-refractivity contribution in [2.75, 3.05) is 5.94 Å². The number of thioether (sulfide) groups is 1. The number of hydrogen-bond donors (Lipinski definition) is 0. The Hall–Kier alpha value is -0.630. The number of fused-ring (bicyclic) bond motifs is 1. The zero-order chi connectivity index (χ0) is 7.84. The highest BCUT2D eigenvalue weighted by molar-refractivity contribution is 7.99. The van der Waals surface area contributed by atoms with Gasteiger partial charge in [-0.3, -0.25) is 0 Å². The summed E-state index contributed by atoms with van der Waals surface area (Å²) in [7, 11) is 0. The van der Waals surface area contributed by atoms with Crippen LogP contribution in [-0.2, 0) is 0 Å². The molecule has 1 aromatic carbocycles. The maximum atomic E-state index is 5.42. The molecule has 1 nitrogen and oxygen atoms in total. The topological polar surface area (TPSA) is 9.23 Å². The molecule has 0 saturated heterocycles. The number of benzene rings is 1. The average Bonchev–Trinajstić information content (AvgIpc) is 2.34. The SMILES string of the molecule is Cc1cc(C)c2c(c1)OCS2. The molecule has 58 valence electrons. The van der Waals surface area contributed by atoms with E-state index in [1.165, 1.54) is 16.0 Å². The highest BCUT2D eigenvalue weighted by Crippen LogP contribution is 2.39. The van der Waals surface area contributed by atoms with E-state index in [-0.39, 0.29) is 0 Å². The number of hydrogen-bond acceptors (Lipinski definition) is 2. The fraction of sp³-hybridized carbons (Fsp3) is 0.333. The van der Waals surface area contributed by atoms with Crippen LogP contribution in [0.3, 0.4) is 0 Å². The molecule has 1 heterocycles. The molecule has 0 fully saturated rings. The Kier molecular flexibility index (Phi) is 1.57. The second kappa shape index (κ2) is 2.45. The summed E-state index contributed by atoms with van der Waals surface area (Å²) in [5.41, 5.74) is 2.62. The van der Waals surface area contributed by atoms with Gasteiger partial charge in [-0.05, 0) is 31.0 Å². The van der Waals surface area contributed by atoms with E-state index in [9.17, 15) is 0 Å². The quantitative estimate of drug-likeness (QED) is 0.586. The van der Waals surface area contributed by atoms with E-state index in [1.54, 1.807) is 11.8 Å². The van der Waals surface area contributed by atoms with Crippen LogP contribution in [0, 0.1) is 13.8 Å². The summed E-state index contributed by atoms with van der Waals surface area (Å²) >= 11 is 1.78. The predicted molar refractivity (Wildman–Crippen MR) is 47.3 cm³/mol. The van der Waals surface area contributed by atoms with Gasteiger partial charge in [-0.15, -0.1) is 0 Å². The second-order valence-electron chi connectivity index (χ2n) is 2.82. The molecule has 0 atom stereocenters. The van der Waals surface area contributed by atoms with Crippen molar-refractivity contribution >= 4 is 11.8 Å². The Morgan fingerprint density at radius 1 is 1.36 bits per heavy atom. The molecule has 2 heteroatoms. The Labute approximate surface area is 70.8 Å². The molecule has 1 aliphatic rings. The first-order chi connectivity index (χ1) is 5.27. The molecule has 0 amide bonds. The Balaban J connectivity index is 2.60. The fourth-order valence-corrected chi connectivity index (χ4v) is 2.21. The summed E-state index contributed by atoms with van der Waals surface area (Å²) in [5, 5.41) is 0. The van der Waals surface area contributed by atoms with Crippen molar-refractivity contribution in [2.24, 2.45) is 0 Å². The van der Waals surface area contributed by atoms with Gasteiger partial charge in [0.2, 0.25) is 0 Å². The number of aryl methyl sites for hydroxylation is 2. The molecule has 0 unspecified atom stereocenters. The van der Waals surface area contributed by atoms with Gasteiger partial charge in [0.05, 0.1) is 4.90 Å². The summed E-state index contributed by atoms with van der Waals surface area (Å²) in [6.45, 7) is 4.23. The van der Waals surface area contributed by atoms with Crippen LogP contribution in [0.15, 0.2) is 17.0 Å². The van der Waals surface area contributed by atoms with Crippen LogP contribution in [0.25, 0.3) is 0 Å². The zero-order valence-corrected chi connectivity index (χ0v) is 7.49. The summed E-state index contributed by atoms with van der Waals surface area (Å²) < 4.78 is 5.42. The summed E-state index contributed by atoms with van der Waals surface area (Å²) in [5.74, 6) is 1.84. The molecule has 1 aromatic rings.